The highest BCUT2D eigenvalue weighted by atomic mass is 16.2. The molecule has 0 aromatic heterocycles. The van der Waals surface area contributed by atoms with Gasteiger partial charge in [-0.15, -0.1) is 0 Å². The van der Waals surface area contributed by atoms with E-state index in [2.05, 4.69) is 35.8 Å². The van der Waals surface area contributed by atoms with Crippen molar-refractivity contribution < 1.29 is 4.79 Å². The van der Waals surface area contributed by atoms with Crippen LogP contribution in [0.4, 0.5) is 4.79 Å². The van der Waals surface area contributed by atoms with Crippen molar-refractivity contribution in [3.8, 4) is 0 Å². The number of carbonyl (C=O) groups excluding carboxylic acids is 1. The molecule has 1 atom stereocenters. The number of nitrogens with one attached hydrogen (secondary N) is 2. The second kappa shape index (κ2) is 6.50. The summed E-state index contributed by atoms with van der Waals surface area (Å²) >= 11 is 0. The van der Waals surface area contributed by atoms with Crippen molar-refractivity contribution >= 4 is 6.03 Å². The van der Waals surface area contributed by atoms with E-state index < -0.39 is 0 Å². The van der Waals surface area contributed by atoms with Crippen LogP contribution in [0, 0.1) is 0 Å². The summed E-state index contributed by atoms with van der Waals surface area (Å²) in [6.07, 6.45) is 8.18. The lowest BCUT2D eigenvalue weighted by Crippen LogP contribution is -2.37. The van der Waals surface area contributed by atoms with Crippen molar-refractivity contribution in [2.24, 2.45) is 0 Å². The topological polar surface area (TPSA) is 41.1 Å². The van der Waals surface area contributed by atoms with Crippen molar-refractivity contribution in [2.45, 2.75) is 63.8 Å². The fraction of sp³-hybridized carbons (Fsp3) is 0.611. The number of aryl methyl sites for hydroxylation is 2. The second-order valence-electron chi connectivity index (χ2n) is 6.44. The predicted octanol–water partition coefficient (Wildman–Crippen LogP) is 3.52. The van der Waals surface area contributed by atoms with Crippen LogP contribution in [0.2, 0.25) is 0 Å². The molecule has 0 heterocycles. The highest BCUT2D eigenvalue weighted by molar-refractivity contribution is 5.74. The van der Waals surface area contributed by atoms with Crippen LogP contribution in [0.1, 0.15) is 61.6 Å². The normalized spacial score (nSPS) is 20.7. The third kappa shape index (κ3) is 3.78. The highest BCUT2D eigenvalue weighted by Gasteiger charge is 2.23. The van der Waals surface area contributed by atoms with Crippen LogP contribution in [0.25, 0.3) is 0 Å². The first kappa shape index (κ1) is 14.4. The number of amides is 2. The van der Waals surface area contributed by atoms with Gasteiger partial charge in [0.1, 0.15) is 0 Å². The van der Waals surface area contributed by atoms with Crippen LogP contribution >= 0.6 is 0 Å². The molecule has 1 fully saturated rings. The van der Waals surface area contributed by atoms with Crippen LogP contribution < -0.4 is 10.6 Å². The number of carbonyl (C=O) groups is 1. The molecule has 2 aliphatic carbocycles. The summed E-state index contributed by atoms with van der Waals surface area (Å²) in [5, 5.41) is 5.99. The molecule has 0 spiro atoms. The van der Waals surface area contributed by atoms with E-state index in [9.17, 15) is 4.79 Å². The van der Waals surface area contributed by atoms with Crippen LogP contribution in [0.3, 0.4) is 0 Å². The third-order valence-electron chi connectivity index (χ3n) is 4.75. The molecule has 0 saturated heterocycles. The van der Waals surface area contributed by atoms with Crippen molar-refractivity contribution in [1.82, 2.24) is 10.6 Å². The molecule has 1 aromatic rings. The zero-order chi connectivity index (χ0) is 14.7. The van der Waals surface area contributed by atoms with Gasteiger partial charge in [0, 0.05) is 12.6 Å². The number of rotatable bonds is 5. The van der Waals surface area contributed by atoms with E-state index in [0.717, 1.165) is 32.2 Å². The number of benzene rings is 1. The van der Waals surface area contributed by atoms with Gasteiger partial charge in [-0.2, -0.15) is 0 Å². The standard InChI is InChI=1S/C18H26N2O/c1-2-13-6-7-14-4-3-5-15(17(14)12-13)10-11-19-18(21)20-16-8-9-16/h6-7,12,15-16H,2-5,8-11H2,1H3,(H2,19,20,21). The van der Waals surface area contributed by atoms with Gasteiger partial charge in [0.15, 0.2) is 0 Å². The molecule has 3 rings (SSSR count). The molecule has 1 aromatic carbocycles. The molecule has 3 nitrogen and oxygen atoms in total. The highest BCUT2D eigenvalue weighted by Crippen LogP contribution is 2.34. The minimum Gasteiger partial charge on any atom is -0.338 e. The average molecular weight is 286 g/mol. The van der Waals surface area contributed by atoms with Gasteiger partial charge >= 0.3 is 6.03 Å². The molecule has 21 heavy (non-hydrogen) atoms. The van der Waals surface area contributed by atoms with Crippen molar-refractivity contribution in [2.75, 3.05) is 6.54 Å². The molecule has 2 amide bonds. The van der Waals surface area contributed by atoms with E-state index in [-0.39, 0.29) is 6.03 Å². The summed E-state index contributed by atoms with van der Waals surface area (Å²) in [6.45, 7) is 2.99. The lowest BCUT2D eigenvalue weighted by molar-refractivity contribution is 0.240. The van der Waals surface area contributed by atoms with Gasteiger partial charge in [-0.25, -0.2) is 4.79 Å². The summed E-state index contributed by atoms with van der Waals surface area (Å²) in [4.78, 5) is 11.7. The van der Waals surface area contributed by atoms with E-state index in [1.807, 2.05) is 0 Å². The van der Waals surface area contributed by atoms with Crippen molar-refractivity contribution in [3.05, 3.63) is 34.9 Å². The molecule has 3 heteroatoms. The monoisotopic (exact) mass is 286 g/mol. The quantitative estimate of drug-likeness (QED) is 0.854. The van der Waals surface area contributed by atoms with Crippen LogP contribution in [0.15, 0.2) is 18.2 Å². The Morgan fingerprint density at radius 2 is 2.14 bits per heavy atom. The van der Waals surface area contributed by atoms with Crippen LogP contribution in [-0.2, 0) is 12.8 Å². The molecular formula is C18H26N2O. The van der Waals surface area contributed by atoms with Gasteiger partial charge in [-0.3, -0.25) is 0 Å². The molecule has 114 valence electrons. The van der Waals surface area contributed by atoms with E-state index >= 15 is 0 Å². The van der Waals surface area contributed by atoms with Gasteiger partial charge in [0.2, 0.25) is 0 Å². The van der Waals surface area contributed by atoms with E-state index in [4.69, 9.17) is 0 Å². The maximum absolute atomic E-state index is 11.7. The number of fused-ring (bicyclic) bond motifs is 1. The van der Waals surface area contributed by atoms with Crippen LogP contribution in [-0.4, -0.2) is 18.6 Å². The summed E-state index contributed by atoms with van der Waals surface area (Å²) < 4.78 is 0. The maximum atomic E-state index is 11.7. The number of hydrogen-bond donors (Lipinski definition) is 2. The SMILES string of the molecule is CCc1ccc2c(c1)C(CCNC(=O)NC1CC1)CCC2. The third-order valence-corrected chi connectivity index (χ3v) is 4.75. The van der Waals surface area contributed by atoms with E-state index in [0.29, 0.717) is 12.0 Å². The van der Waals surface area contributed by atoms with Crippen molar-refractivity contribution in [1.29, 1.82) is 0 Å². The summed E-state index contributed by atoms with van der Waals surface area (Å²) in [7, 11) is 0. The first-order chi connectivity index (χ1) is 10.3. The first-order valence-electron chi connectivity index (χ1n) is 8.42. The first-order valence-corrected chi connectivity index (χ1v) is 8.42. The average Bonchev–Trinajstić information content (AvgIpc) is 3.31. The zero-order valence-electron chi connectivity index (χ0n) is 13.0. The fourth-order valence-electron chi connectivity index (χ4n) is 3.29. The lowest BCUT2D eigenvalue weighted by atomic mass is 9.80. The fourth-order valence-corrected chi connectivity index (χ4v) is 3.29. The number of urea groups is 1. The summed E-state index contributed by atoms with van der Waals surface area (Å²) in [5.41, 5.74) is 4.48. The Hall–Kier alpha value is -1.51. The molecule has 0 aliphatic heterocycles. The minimum absolute atomic E-state index is 0.0100. The Morgan fingerprint density at radius 1 is 1.29 bits per heavy atom. The molecular weight excluding hydrogens is 260 g/mol. The van der Waals surface area contributed by atoms with Gasteiger partial charge in [-0.05, 0) is 67.6 Å². The number of hydrogen-bond acceptors (Lipinski definition) is 1. The molecule has 2 aliphatic rings. The Kier molecular flexibility index (Phi) is 4.47. The van der Waals surface area contributed by atoms with E-state index in [1.54, 1.807) is 0 Å². The minimum atomic E-state index is 0.0100. The molecule has 1 saturated carbocycles. The van der Waals surface area contributed by atoms with Gasteiger partial charge < -0.3 is 10.6 Å². The largest absolute Gasteiger partial charge is 0.338 e. The van der Waals surface area contributed by atoms with Crippen molar-refractivity contribution in [3.63, 3.8) is 0 Å². The Labute approximate surface area is 127 Å². The molecule has 2 N–H and O–H groups in total. The Morgan fingerprint density at radius 3 is 2.90 bits per heavy atom. The van der Waals surface area contributed by atoms with Crippen LogP contribution in [0.5, 0.6) is 0 Å². The zero-order valence-corrected chi connectivity index (χ0v) is 13.0. The van der Waals surface area contributed by atoms with E-state index in [1.165, 1.54) is 36.0 Å². The molecule has 1 unspecified atom stereocenters. The molecule has 0 bridgehead atoms. The van der Waals surface area contributed by atoms with Gasteiger partial charge in [0.25, 0.3) is 0 Å². The van der Waals surface area contributed by atoms with Gasteiger partial charge in [0.05, 0.1) is 0 Å². The predicted molar refractivity (Wildman–Crippen MR) is 85.7 cm³/mol. The maximum Gasteiger partial charge on any atom is 0.315 e. The smallest absolute Gasteiger partial charge is 0.315 e. The summed E-state index contributed by atoms with van der Waals surface area (Å²) in [5.74, 6) is 0.612. The Bertz CT molecular complexity index is 508. The second-order valence-corrected chi connectivity index (χ2v) is 6.44. The summed E-state index contributed by atoms with van der Waals surface area (Å²) in [6, 6.07) is 7.42. The Balaban J connectivity index is 1.55. The molecule has 0 radical (unpaired) electrons. The van der Waals surface area contributed by atoms with Gasteiger partial charge in [-0.1, -0.05) is 25.1 Å². The lowest BCUT2D eigenvalue weighted by Gasteiger charge is -2.26.